The minimum Gasteiger partial charge on any atom is -0.477 e. The van der Waals surface area contributed by atoms with Gasteiger partial charge in [0.2, 0.25) is 5.88 Å². The van der Waals surface area contributed by atoms with Crippen molar-refractivity contribution in [2.75, 3.05) is 32.8 Å². The monoisotopic (exact) mass is 291 g/mol. The molecule has 1 aromatic heterocycles. The van der Waals surface area contributed by atoms with E-state index in [1.807, 2.05) is 6.92 Å². The number of rotatable bonds is 6. The molecule has 5 nitrogen and oxygen atoms in total. The largest absolute Gasteiger partial charge is 0.477 e. The second kappa shape index (κ2) is 7.98. The highest BCUT2D eigenvalue weighted by molar-refractivity contribution is 5.96. The SMILES string of the molecule is CCOc1ncccc1C(=O)NCC1CCN(CC)CC1. The molecule has 0 atom stereocenters. The number of ether oxygens (including phenoxy) is 1. The van der Waals surface area contributed by atoms with Crippen LogP contribution in [0.2, 0.25) is 0 Å². The maximum Gasteiger partial charge on any atom is 0.256 e. The van der Waals surface area contributed by atoms with Gasteiger partial charge in [-0.05, 0) is 57.5 Å². The quantitative estimate of drug-likeness (QED) is 0.870. The normalized spacial score (nSPS) is 16.7. The molecule has 0 saturated carbocycles. The Hall–Kier alpha value is -1.62. The maximum atomic E-state index is 12.3. The van der Waals surface area contributed by atoms with Crippen LogP contribution in [0.3, 0.4) is 0 Å². The van der Waals surface area contributed by atoms with Crippen molar-refractivity contribution in [3.63, 3.8) is 0 Å². The van der Waals surface area contributed by atoms with E-state index in [9.17, 15) is 4.79 Å². The van der Waals surface area contributed by atoms with Gasteiger partial charge < -0.3 is 15.0 Å². The Morgan fingerprint density at radius 2 is 2.19 bits per heavy atom. The number of aromatic nitrogens is 1. The van der Waals surface area contributed by atoms with Gasteiger partial charge in [0.05, 0.1) is 6.61 Å². The molecule has 0 aliphatic carbocycles. The summed E-state index contributed by atoms with van der Waals surface area (Å²) < 4.78 is 5.40. The van der Waals surface area contributed by atoms with E-state index in [2.05, 4.69) is 22.1 Å². The molecule has 1 fully saturated rings. The molecule has 1 aliphatic rings. The molecule has 1 N–H and O–H groups in total. The van der Waals surface area contributed by atoms with Gasteiger partial charge in [0.25, 0.3) is 5.91 Å². The number of likely N-dealkylation sites (tertiary alicyclic amines) is 1. The summed E-state index contributed by atoms with van der Waals surface area (Å²) in [6.07, 6.45) is 3.95. The van der Waals surface area contributed by atoms with E-state index >= 15 is 0 Å². The molecular formula is C16H25N3O2. The maximum absolute atomic E-state index is 12.3. The Balaban J connectivity index is 1.85. The minimum atomic E-state index is -0.0931. The predicted octanol–water partition coefficient (Wildman–Crippen LogP) is 1.94. The summed E-state index contributed by atoms with van der Waals surface area (Å²) in [5, 5.41) is 3.02. The fourth-order valence-electron chi connectivity index (χ4n) is 2.65. The molecule has 116 valence electrons. The van der Waals surface area contributed by atoms with Crippen molar-refractivity contribution >= 4 is 5.91 Å². The molecule has 0 aromatic carbocycles. The van der Waals surface area contributed by atoms with Gasteiger partial charge in [-0.25, -0.2) is 4.98 Å². The highest BCUT2D eigenvalue weighted by Gasteiger charge is 2.20. The van der Waals surface area contributed by atoms with Crippen LogP contribution in [0.1, 0.15) is 37.0 Å². The standard InChI is InChI=1S/C16H25N3O2/c1-3-19-10-7-13(8-11-19)12-18-15(20)14-6-5-9-17-16(14)21-4-2/h5-6,9,13H,3-4,7-8,10-12H2,1-2H3,(H,18,20). The van der Waals surface area contributed by atoms with E-state index in [4.69, 9.17) is 4.74 Å². The summed E-state index contributed by atoms with van der Waals surface area (Å²) in [6.45, 7) is 8.70. The first-order valence-corrected chi connectivity index (χ1v) is 7.83. The molecule has 1 aromatic rings. The summed E-state index contributed by atoms with van der Waals surface area (Å²) in [4.78, 5) is 18.8. The van der Waals surface area contributed by atoms with E-state index in [-0.39, 0.29) is 5.91 Å². The summed E-state index contributed by atoms with van der Waals surface area (Å²) in [6, 6.07) is 3.52. The summed E-state index contributed by atoms with van der Waals surface area (Å²) in [5.74, 6) is 0.895. The van der Waals surface area contributed by atoms with Crippen molar-refractivity contribution in [1.29, 1.82) is 0 Å². The van der Waals surface area contributed by atoms with Crippen molar-refractivity contribution in [3.8, 4) is 5.88 Å². The van der Waals surface area contributed by atoms with Crippen molar-refractivity contribution < 1.29 is 9.53 Å². The Morgan fingerprint density at radius 1 is 1.43 bits per heavy atom. The third-order valence-electron chi connectivity index (χ3n) is 4.00. The highest BCUT2D eigenvalue weighted by Crippen LogP contribution is 2.17. The number of carbonyl (C=O) groups excluding carboxylic acids is 1. The van der Waals surface area contributed by atoms with Crippen LogP contribution in [-0.4, -0.2) is 48.6 Å². The van der Waals surface area contributed by atoms with Gasteiger partial charge in [-0.1, -0.05) is 6.92 Å². The van der Waals surface area contributed by atoms with Gasteiger partial charge in [-0.2, -0.15) is 0 Å². The molecule has 0 radical (unpaired) electrons. The van der Waals surface area contributed by atoms with Crippen LogP contribution >= 0.6 is 0 Å². The Morgan fingerprint density at radius 3 is 2.86 bits per heavy atom. The number of carbonyl (C=O) groups is 1. The second-order valence-electron chi connectivity index (χ2n) is 5.38. The first kappa shape index (κ1) is 15.8. The van der Waals surface area contributed by atoms with Gasteiger partial charge in [0.1, 0.15) is 5.56 Å². The molecule has 2 heterocycles. The minimum absolute atomic E-state index is 0.0931. The molecule has 0 bridgehead atoms. The lowest BCUT2D eigenvalue weighted by atomic mass is 9.97. The number of pyridine rings is 1. The van der Waals surface area contributed by atoms with Crippen molar-refractivity contribution in [3.05, 3.63) is 23.9 Å². The fourth-order valence-corrected chi connectivity index (χ4v) is 2.65. The van der Waals surface area contributed by atoms with E-state index < -0.39 is 0 Å². The zero-order valence-electron chi connectivity index (χ0n) is 13.0. The number of nitrogens with one attached hydrogen (secondary N) is 1. The van der Waals surface area contributed by atoms with Gasteiger partial charge in [0.15, 0.2) is 0 Å². The lowest BCUT2D eigenvalue weighted by Gasteiger charge is -2.31. The van der Waals surface area contributed by atoms with Crippen LogP contribution in [0.25, 0.3) is 0 Å². The number of nitrogens with zero attached hydrogens (tertiary/aromatic N) is 2. The van der Waals surface area contributed by atoms with E-state index in [1.54, 1.807) is 18.3 Å². The average Bonchev–Trinajstić information content (AvgIpc) is 2.54. The molecule has 5 heteroatoms. The van der Waals surface area contributed by atoms with Crippen LogP contribution in [0, 0.1) is 5.92 Å². The Bertz CT molecular complexity index is 457. The van der Waals surface area contributed by atoms with Crippen LogP contribution in [-0.2, 0) is 0 Å². The van der Waals surface area contributed by atoms with Gasteiger partial charge in [0, 0.05) is 12.7 Å². The van der Waals surface area contributed by atoms with Gasteiger partial charge in [-0.3, -0.25) is 4.79 Å². The first-order valence-electron chi connectivity index (χ1n) is 7.83. The zero-order chi connectivity index (χ0) is 15.1. The molecule has 21 heavy (non-hydrogen) atoms. The molecule has 2 rings (SSSR count). The second-order valence-corrected chi connectivity index (χ2v) is 5.38. The molecule has 0 unspecified atom stereocenters. The van der Waals surface area contributed by atoms with Gasteiger partial charge in [-0.15, -0.1) is 0 Å². The van der Waals surface area contributed by atoms with Crippen LogP contribution in [0.15, 0.2) is 18.3 Å². The molecule has 0 spiro atoms. The van der Waals surface area contributed by atoms with Crippen molar-refractivity contribution in [1.82, 2.24) is 15.2 Å². The summed E-state index contributed by atoms with van der Waals surface area (Å²) >= 11 is 0. The smallest absolute Gasteiger partial charge is 0.256 e. The topological polar surface area (TPSA) is 54.5 Å². The lowest BCUT2D eigenvalue weighted by molar-refractivity contribution is 0.0932. The molecular weight excluding hydrogens is 266 g/mol. The number of amides is 1. The van der Waals surface area contributed by atoms with E-state index in [0.29, 0.717) is 24.0 Å². The molecule has 1 saturated heterocycles. The van der Waals surface area contributed by atoms with Crippen molar-refractivity contribution in [2.24, 2.45) is 5.92 Å². The van der Waals surface area contributed by atoms with Crippen LogP contribution in [0.5, 0.6) is 5.88 Å². The average molecular weight is 291 g/mol. The Kier molecular flexibility index (Phi) is 5.99. The van der Waals surface area contributed by atoms with Crippen LogP contribution < -0.4 is 10.1 Å². The highest BCUT2D eigenvalue weighted by atomic mass is 16.5. The number of hydrogen-bond donors (Lipinski definition) is 1. The third-order valence-corrected chi connectivity index (χ3v) is 4.00. The molecule has 1 amide bonds. The molecule has 1 aliphatic heterocycles. The van der Waals surface area contributed by atoms with E-state index in [1.165, 1.54) is 0 Å². The van der Waals surface area contributed by atoms with Gasteiger partial charge >= 0.3 is 0 Å². The zero-order valence-corrected chi connectivity index (χ0v) is 13.0. The van der Waals surface area contributed by atoms with Crippen molar-refractivity contribution in [2.45, 2.75) is 26.7 Å². The van der Waals surface area contributed by atoms with Crippen LogP contribution in [0.4, 0.5) is 0 Å². The summed E-state index contributed by atoms with van der Waals surface area (Å²) in [5.41, 5.74) is 0.519. The van der Waals surface area contributed by atoms with E-state index in [0.717, 1.165) is 39.0 Å². The third kappa shape index (κ3) is 4.43. The fraction of sp³-hybridized carbons (Fsp3) is 0.625. The number of hydrogen-bond acceptors (Lipinski definition) is 4. The summed E-state index contributed by atoms with van der Waals surface area (Å²) in [7, 11) is 0. The predicted molar refractivity (Wildman–Crippen MR) is 82.6 cm³/mol. The first-order chi connectivity index (χ1) is 10.2. The lowest BCUT2D eigenvalue weighted by Crippen LogP contribution is -2.38. The number of piperidine rings is 1. The Labute approximate surface area is 126 Å².